The summed E-state index contributed by atoms with van der Waals surface area (Å²) in [6.45, 7) is 9.24. The van der Waals surface area contributed by atoms with Crippen molar-refractivity contribution in [3.8, 4) is 0 Å². The van der Waals surface area contributed by atoms with Gasteiger partial charge in [0.1, 0.15) is 42.3 Å². The molecule has 2 aromatic carbocycles. The number of aromatic amines is 1. The molecular weight excluding hydrogens is 1020 g/mol. The van der Waals surface area contributed by atoms with E-state index in [1.165, 1.54) is 43.0 Å². The van der Waals surface area contributed by atoms with Crippen molar-refractivity contribution < 1.29 is 47.9 Å². The first-order valence-electron chi connectivity index (χ1n) is 25.7. The third-order valence-electron chi connectivity index (χ3n) is 12.8. The predicted molar refractivity (Wildman–Crippen MR) is 294 cm³/mol. The number of nitrogens with one attached hydrogen (secondary N) is 8. The molecule has 25 heteroatoms. The van der Waals surface area contributed by atoms with Gasteiger partial charge in [0.05, 0.1) is 24.8 Å². The number of rotatable bonds is 31. The second-order valence-electron chi connectivity index (χ2n) is 20.0. The highest BCUT2D eigenvalue weighted by Gasteiger charge is 2.35. The first-order chi connectivity index (χ1) is 36.9. The van der Waals surface area contributed by atoms with Crippen LogP contribution in [-0.2, 0) is 74.3 Å². The number of para-hydroxylation sites is 1. The van der Waals surface area contributed by atoms with Crippen LogP contribution in [0, 0.1) is 11.8 Å². The summed E-state index contributed by atoms with van der Waals surface area (Å²) in [6, 6.07) is 6.74. The number of primary amides is 2. The lowest BCUT2D eigenvalue weighted by molar-refractivity contribution is -0.141. The molecule has 78 heavy (non-hydrogen) atoms. The van der Waals surface area contributed by atoms with Crippen molar-refractivity contribution in [3.63, 3.8) is 0 Å². The van der Waals surface area contributed by atoms with E-state index in [1.54, 1.807) is 50.6 Å². The fourth-order valence-electron chi connectivity index (χ4n) is 8.45. The van der Waals surface area contributed by atoms with Crippen LogP contribution in [0.2, 0.25) is 0 Å². The number of hydrogen-bond acceptors (Lipinski definition) is 13. The van der Waals surface area contributed by atoms with Gasteiger partial charge in [-0.2, -0.15) is 0 Å². The molecule has 424 valence electrons. The van der Waals surface area contributed by atoms with Crippen LogP contribution >= 0.6 is 11.8 Å². The Bertz CT molecular complexity index is 2720. The average molecular weight is 1100 g/mol. The van der Waals surface area contributed by atoms with Crippen LogP contribution in [0.25, 0.3) is 10.9 Å². The number of nitrogens with two attached hydrogens (primary N) is 3. The summed E-state index contributed by atoms with van der Waals surface area (Å²) in [7, 11) is 1.82. The van der Waals surface area contributed by atoms with Crippen LogP contribution in [0.3, 0.4) is 0 Å². The first-order valence-corrected chi connectivity index (χ1v) is 27.0. The highest BCUT2D eigenvalue weighted by atomic mass is 32.2. The molecule has 0 unspecified atom stereocenters. The van der Waals surface area contributed by atoms with E-state index >= 15 is 0 Å². The minimum Gasteiger partial charge on any atom is -0.370 e. The number of benzene rings is 2. The minimum atomic E-state index is -1.35. The van der Waals surface area contributed by atoms with Crippen molar-refractivity contribution in [2.45, 2.75) is 128 Å². The number of aryl methyl sites for hydroxylation is 1. The summed E-state index contributed by atoms with van der Waals surface area (Å²) in [5.74, 6) is -7.88. The molecule has 0 spiro atoms. The van der Waals surface area contributed by atoms with Crippen LogP contribution in [-0.4, -0.2) is 146 Å². The maximum atomic E-state index is 14.3. The van der Waals surface area contributed by atoms with Crippen molar-refractivity contribution in [2.24, 2.45) is 36.1 Å². The van der Waals surface area contributed by atoms with Gasteiger partial charge in [0, 0.05) is 55.3 Å². The molecule has 0 saturated carbocycles. The number of fused-ring (bicyclic) bond motifs is 1. The van der Waals surface area contributed by atoms with Crippen LogP contribution in [0.1, 0.15) is 77.6 Å². The van der Waals surface area contributed by atoms with Crippen LogP contribution < -0.4 is 54.4 Å². The fraction of sp³-hybridized carbons (Fsp3) is 0.491. The molecule has 8 atom stereocenters. The summed E-state index contributed by atoms with van der Waals surface area (Å²) in [6.07, 6.45) is 6.07. The Kier molecular flexibility index (Phi) is 24.3. The zero-order valence-corrected chi connectivity index (χ0v) is 46.2. The molecule has 4 aromatic rings. The Hall–Kier alpha value is -7.80. The molecule has 0 saturated heterocycles. The van der Waals surface area contributed by atoms with E-state index < -0.39 is 120 Å². The van der Waals surface area contributed by atoms with Gasteiger partial charge >= 0.3 is 0 Å². The van der Waals surface area contributed by atoms with Crippen molar-refractivity contribution >= 4 is 81.7 Å². The van der Waals surface area contributed by atoms with E-state index in [0.717, 1.165) is 16.5 Å². The summed E-state index contributed by atoms with van der Waals surface area (Å²) in [5, 5.41) is 19.2. The molecule has 0 radical (unpaired) electrons. The lowest BCUT2D eigenvalue weighted by Crippen LogP contribution is -2.59. The third-order valence-corrected chi connectivity index (χ3v) is 13.3. The Morgan fingerprint density at radius 2 is 1.32 bits per heavy atom. The smallest absolute Gasteiger partial charge is 0.246 e. The largest absolute Gasteiger partial charge is 0.370 e. The number of imidazole rings is 1. The lowest BCUT2D eigenvalue weighted by Gasteiger charge is -2.32. The fourth-order valence-corrected chi connectivity index (χ4v) is 9.08. The highest BCUT2D eigenvalue weighted by molar-refractivity contribution is 7.98. The van der Waals surface area contributed by atoms with Crippen molar-refractivity contribution in [2.75, 3.05) is 18.7 Å². The standard InChI is InChI=1S/C53H76N14O10S/c1-29(2)20-41(53(77)67(28-78-8)32(6)46(56)70)64-51(75)40(23-35-24-57-27-59-35)61-44(69)25-58-52(76)45(30(3)4)65-47(71)31(5)60-50(74)39(22-34-26-66(7)42-17-13-12-16-36(34)42)63-49(73)38(18-19-43(55)68)62-48(72)37(54)21-33-14-10-9-11-15-33/h9-17,24,26-27,29-32,37-41,45H,18-23,25,28,54H2,1-8H3,(H2,55,68)(H2,56,70)(H,57,59)(H,58,76)(H,60,74)(H,61,69)(H,62,72)(H,63,73)(H,64,75)(H,65,71)/t31-,32-,37+,38-,39-,40-,41-,45-/m0/s1. The van der Waals surface area contributed by atoms with Gasteiger partial charge in [-0.1, -0.05) is 76.2 Å². The highest BCUT2D eigenvalue weighted by Crippen LogP contribution is 2.22. The molecule has 2 aromatic heterocycles. The average Bonchev–Trinajstić information content (AvgIpc) is 4.04. The zero-order valence-electron chi connectivity index (χ0n) is 45.4. The normalized spacial score (nSPS) is 14.3. The molecule has 0 bridgehead atoms. The van der Waals surface area contributed by atoms with Crippen molar-refractivity contribution in [1.82, 2.24) is 56.7 Å². The van der Waals surface area contributed by atoms with E-state index in [4.69, 9.17) is 17.2 Å². The number of aromatic nitrogens is 3. The van der Waals surface area contributed by atoms with Crippen molar-refractivity contribution in [3.05, 3.63) is 90.1 Å². The quantitative estimate of drug-likeness (QED) is 0.0278. The van der Waals surface area contributed by atoms with Crippen LogP contribution in [0.5, 0.6) is 0 Å². The lowest BCUT2D eigenvalue weighted by atomic mass is 10.0. The van der Waals surface area contributed by atoms with E-state index in [1.807, 2.05) is 55.8 Å². The Morgan fingerprint density at radius 3 is 1.94 bits per heavy atom. The first kappa shape index (κ1) is 62.7. The predicted octanol–water partition coefficient (Wildman–Crippen LogP) is -0.708. The Morgan fingerprint density at radius 1 is 0.705 bits per heavy atom. The molecule has 0 aliphatic rings. The topological polar surface area (TPSA) is 370 Å². The summed E-state index contributed by atoms with van der Waals surface area (Å²) < 4.78 is 1.85. The number of amides is 10. The number of hydrogen-bond donors (Lipinski definition) is 11. The van der Waals surface area contributed by atoms with E-state index in [9.17, 15) is 47.9 Å². The van der Waals surface area contributed by atoms with Crippen molar-refractivity contribution in [1.29, 1.82) is 0 Å². The number of thioether (sulfide) groups is 1. The zero-order chi connectivity index (χ0) is 57.8. The summed E-state index contributed by atoms with van der Waals surface area (Å²) in [5.41, 5.74) is 20.0. The van der Waals surface area contributed by atoms with E-state index in [2.05, 4.69) is 47.2 Å². The third kappa shape index (κ3) is 19.0. The van der Waals surface area contributed by atoms with Gasteiger partial charge in [0.15, 0.2) is 0 Å². The monoisotopic (exact) mass is 1100 g/mol. The molecule has 24 nitrogen and oxygen atoms in total. The Balaban J connectivity index is 1.48. The molecule has 0 fully saturated rings. The molecule has 14 N–H and O–H groups in total. The second-order valence-corrected chi connectivity index (χ2v) is 20.8. The molecule has 0 aliphatic heterocycles. The van der Waals surface area contributed by atoms with Gasteiger partial charge in [-0.05, 0) is 68.4 Å². The van der Waals surface area contributed by atoms with Gasteiger partial charge in [-0.25, -0.2) is 4.98 Å². The molecule has 2 heterocycles. The van der Waals surface area contributed by atoms with Gasteiger partial charge in [-0.3, -0.25) is 47.9 Å². The van der Waals surface area contributed by atoms with Gasteiger partial charge in [-0.15, -0.1) is 11.8 Å². The number of H-pyrrole nitrogens is 1. The van der Waals surface area contributed by atoms with Crippen LogP contribution in [0.15, 0.2) is 73.3 Å². The van der Waals surface area contributed by atoms with E-state index in [-0.39, 0.29) is 50.3 Å². The SMILES string of the molecule is CSCN(C(=O)[C@H](CC(C)C)NC(=O)[C@H](Cc1cnc[nH]1)NC(=O)CNC(=O)[C@@H](NC(=O)[C@H](C)NC(=O)[C@H](Cc1cn(C)c2ccccc12)NC(=O)[C@H](CCC(N)=O)NC(=O)[C@H](N)Cc1ccccc1)C(C)C)[C@@H](C)C(N)=O. The molecule has 0 aliphatic carbocycles. The minimum absolute atomic E-state index is 0.0768. The van der Waals surface area contributed by atoms with E-state index in [0.29, 0.717) is 11.3 Å². The Labute approximate surface area is 458 Å². The maximum absolute atomic E-state index is 14.3. The maximum Gasteiger partial charge on any atom is 0.246 e. The number of carbonyl (C=O) groups is 10. The molecule has 4 rings (SSSR count). The van der Waals surface area contributed by atoms with Gasteiger partial charge in [0.25, 0.3) is 0 Å². The number of carbonyl (C=O) groups excluding carboxylic acids is 10. The second kappa shape index (κ2) is 30.2. The summed E-state index contributed by atoms with van der Waals surface area (Å²) in [4.78, 5) is 143. The summed E-state index contributed by atoms with van der Waals surface area (Å²) >= 11 is 1.29. The van der Waals surface area contributed by atoms with Crippen LogP contribution in [0.4, 0.5) is 0 Å². The number of nitrogens with zero attached hydrogens (tertiary/aromatic N) is 3. The van der Waals surface area contributed by atoms with Gasteiger partial charge < -0.3 is 68.9 Å². The molecular formula is C53H76N14O10S. The molecule has 10 amide bonds. The van der Waals surface area contributed by atoms with Gasteiger partial charge in [0.2, 0.25) is 59.1 Å².